The summed E-state index contributed by atoms with van der Waals surface area (Å²) in [5.41, 5.74) is 3.43. The number of imidazole rings is 1. The molecule has 0 aliphatic heterocycles. The molecule has 2 aromatic heterocycles. The third-order valence-electron chi connectivity index (χ3n) is 6.51. The molecule has 5 heteroatoms. The third kappa shape index (κ3) is 4.25. The molecule has 0 bridgehead atoms. The Kier molecular flexibility index (Phi) is 5.40. The predicted octanol–water partition coefficient (Wildman–Crippen LogP) is 5.57. The molecular formula is C24H29N3OS. The lowest BCUT2D eigenvalue weighted by Crippen LogP contribution is -2.35. The molecule has 5 rings (SSSR count). The summed E-state index contributed by atoms with van der Waals surface area (Å²) < 4.78 is 2.21. The zero-order valence-electron chi connectivity index (χ0n) is 16.9. The smallest absolute Gasteiger partial charge is 0.222 e. The van der Waals surface area contributed by atoms with Gasteiger partial charge in [-0.25, -0.2) is 4.98 Å². The van der Waals surface area contributed by atoms with Crippen LogP contribution in [0.2, 0.25) is 0 Å². The number of fused-ring (bicyclic) bond motifs is 1. The van der Waals surface area contributed by atoms with Gasteiger partial charge in [0, 0.05) is 48.3 Å². The maximum atomic E-state index is 12.9. The molecule has 2 heterocycles. The Bertz CT molecular complexity index is 967. The average Bonchev–Trinajstić information content (AvgIpc) is 3.15. The number of hydrogen-bond donors (Lipinski definition) is 0. The Labute approximate surface area is 176 Å². The normalized spacial score (nSPS) is 17.2. The Morgan fingerprint density at radius 1 is 1.14 bits per heavy atom. The molecule has 0 unspecified atom stereocenters. The molecule has 2 aliphatic carbocycles. The van der Waals surface area contributed by atoms with E-state index in [4.69, 9.17) is 4.98 Å². The molecule has 29 heavy (non-hydrogen) atoms. The lowest BCUT2D eigenvalue weighted by molar-refractivity contribution is -0.132. The van der Waals surface area contributed by atoms with Gasteiger partial charge < -0.3 is 4.90 Å². The van der Waals surface area contributed by atoms with Gasteiger partial charge in [0.15, 0.2) is 4.96 Å². The van der Waals surface area contributed by atoms with E-state index >= 15 is 0 Å². The molecule has 152 valence electrons. The first-order chi connectivity index (χ1) is 14.3. The minimum atomic E-state index is 0.376. The topological polar surface area (TPSA) is 37.6 Å². The Balaban J connectivity index is 1.24. The summed E-state index contributed by atoms with van der Waals surface area (Å²) >= 11 is 1.69. The van der Waals surface area contributed by atoms with E-state index in [1.165, 1.54) is 44.2 Å². The second-order valence-corrected chi connectivity index (χ2v) is 9.47. The number of hydrogen-bond acceptors (Lipinski definition) is 3. The summed E-state index contributed by atoms with van der Waals surface area (Å²) in [5, 5.41) is 2.20. The fraction of sp³-hybridized carbons (Fsp3) is 0.500. The molecule has 4 nitrogen and oxygen atoms in total. The molecule has 0 radical (unpaired) electrons. The van der Waals surface area contributed by atoms with Crippen molar-refractivity contribution in [2.75, 3.05) is 6.54 Å². The van der Waals surface area contributed by atoms with Crippen LogP contribution in [0.3, 0.4) is 0 Å². The Hall–Kier alpha value is -2.14. The van der Waals surface area contributed by atoms with Crippen molar-refractivity contribution in [3.63, 3.8) is 0 Å². The van der Waals surface area contributed by atoms with E-state index in [1.807, 2.05) is 18.2 Å². The molecule has 3 aromatic rings. The standard InChI is InChI=1S/C24H29N3OS/c28-23(13-10-18-6-4-5-7-18)26(20-11-12-20)15-14-21-17-29-24-25-22(16-27(21)24)19-8-2-1-3-9-19/h1-3,8-9,16-18,20H,4-7,10-15H2. The maximum absolute atomic E-state index is 12.9. The summed E-state index contributed by atoms with van der Waals surface area (Å²) in [5.74, 6) is 1.17. The Morgan fingerprint density at radius 3 is 2.69 bits per heavy atom. The van der Waals surface area contributed by atoms with Crippen LogP contribution in [0.25, 0.3) is 16.2 Å². The van der Waals surface area contributed by atoms with E-state index < -0.39 is 0 Å². The van der Waals surface area contributed by atoms with E-state index in [0.717, 1.165) is 47.9 Å². The van der Waals surface area contributed by atoms with E-state index in [2.05, 4.69) is 33.0 Å². The van der Waals surface area contributed by atoms with Crippen LogP contribution in [0.15, 0.2) is 41.9 Å². The van der Waals surface area contributed by atoms with E-state index in [9.17, 15) is 4.79 Å². The summed E-state index contributed by atoms with van der Waals surface area (Å²) in [6.45, 7) is 0.832. The van der Waals surface area contributed by atoms with Crippen LogP contribution >= 0.6 is 11.3 Å². The SMILES string of the molecule is O=C(CCC1CCCC1)N(CCc1csc2nc(-c3ccccc3)cn12)C1CC1. The molecule has 0 atom stereocenters. The molecule has 2 aliphatic rings. The van der Waals surface area contributed by atoms with Crippen molar-refractivity contribution in [1.82, 2.24) is 14.3 Å². The van der Waals surface area contributed by atoms with Crippen molar-refractivity contribution in [1.29, 1.82) is 0 Å². The summed E-state index contributed by atoms with van der Waals surface area (Å²) in [6, 6.07) is 10.8. The van der Waals surface area contributed by atoms with Gasteiger partial charge in [0.25, 0.3) is 0 Å². The van der Waals surface area contributed by atoms with Gasteiger partial charge in [-0.2, -0.15) is 0 Å². The number of carbonyl (C=O) groups is 1. The molecule has 0 N–H and O–H groups in total. The number of rotatable bonds is 8. The number of nitrogens with zero attached hydrogens (tertiary/aromatic N) is 3. The number of aromatic nitrogens is 2. The molecular weight excluding hydrogens is 378 g/mol. The van der Waals surface area contributed by atoms with Crippen LogP contribution in [-0.2, 0) is 11.2 Å². The van der Waals surface area contributed by atoms with Crippen LogP contribution < -0.4 is 0 Å². The van der Waals surface area contributed by atoms with Gasteiger partial charge in [0.1, 0.15) is 0 Å². The van der Waals surface area contributed by atoms with E-state index in [-0.39, 0.29) is 0 Å². The first kappa shape index (κ1) is 18.9. The maximum Gasteiger partial charge on any atom is 0.222 e. The number of benzene rings is 1. The summed E-state index contributed by atoms with van der Waals surface area (Å²) in [4.78, 5) is 20.9. The lowest BCUT2D eigenvalue weighted by atomic mass is 10.0. The number of carbonyl (C=O) groups excluding carboxylic acids is 1. The van der Waals surface area contributed by atoms with Crippen molar-refractivity contribution >= 4 is 22.2 Å². The second-order valence-electron chi connectivity index (χ2n) is 8.63. The summed E-state index contributed by atoms with van der Waals surface area (Å²) in [7, 11) is 0. The van der Waals surface area contributed by atoms with Gasteiger partial charge >= 0.3 is 0 Å². The second kappa shape index (κ2) is 8.31. The first-order valence-electron chi connectivity index (χ1n) is 11.1. The van der Waals surface area contributed by atoms with Crippen molar-refractivity contribution in [3.05, 3.63) is 47.6 Å². The number of thiazole rings is 1. The molecule has 2 fully saturated rings. The fourth-order valence-corrected chi connectivity index (χ4v) is 5.57. The van der Waals surface area contributed by atoms with Gasteiger partial charge in [0.2, 0.25) is 5.91 Å². The van der Waals surface area contributed by atoms with Crippen molar-refractivity contribution in [2.24, 2.45) is 5.92 Å². The van der Waals surface area contributed by atoms with E-state index in [0.29, 0.717) is 11.9 Å². The molecule has 1 amide bonds. The zero-order valence-corrected chi connectivity index (χ0v) is 17.7. The highest BCUT2D eigenvalue weighted by Gasteiger charge is 2.32. The average molecular weight is 408 g/mol. The Morgan fingerprint density at radius 2 is 1.93 bits per heavy atom. The minimum absolute atomic E-state index is 0.376. The predicted molar refractivity (Wildman–Crippen MR) is 118 cm³/mol. The first-order valence-corrected chi connectivity index (χ1v) is 12.0. The quantitative estimate of drug-likeness (QED) is 0.490. The van der Waals surface area contributed by atoms with Crippen molar-refractivity contribution < 1.29 is 4.79 Å². The highest BCUT2D eigenvalue weighted by Crippen LogP contribution is 2.32. The zero-order chi connectivity index (χ0) is 19.6. The van der Waals surface area contributed by atoms with Gasteiger partial charge in [0.05, 0.1) is 5.69 Å². The van der Waals surface area contributed by atoms with E-state index in [1.54, 1.807) is 11.3 Å². The van der Waals surface area contributed by atoms with Crippen LogP contribution in [0, 0.1) is 5.92 Å². The van der Waals surface area contributed by atoms with Crippen LogP contribution in [0.1, 0.15) is 57.1 Å². The highest BCUT2D eigenvalue weighted by atomic mass is 32.1. The molecule has 0 saturated heterocycles. The lowest BCUT2D eigenvalue weighted by Gasteiger charge is -2.23. The number of amides is 1. The van der Waals surface area contributed by atoms with Crippen molar-refractivity contribution in [2.45, 2.75) is 63.8 Å². The monoisotopic (exact) mass is 407 g/mol. The molecule has 1 aromatic carbocycles. The van der Waals surface area contributed by atoms with Gasteiger partial charge in [-0.1, -0.05) is 56.0 Å². The van der Waals surface area contributed by atoms with Crippen molar-refractivity contribution in [3.8, 4) is 11.3 Å². The molecule has 0 spiro atoms. The van der Waals surface area contributed by atoms with Crippen LogP contribution in [0.4, 0.5) is 0 Å². The fourth-order valence-electron chi connectivity index (χ4n) is 4.66. The van der Waals surface area contributed by atoms with Gasteiger partial charge in [-0.05, 0) is 25.2 Å². The van der Waals surface area contributed by atoms with Crippen LogP contribution in [0.5, 0.6) is 0 Å². The summed E-state index contributed by atoms with van der Waals surface area (Å²) in [6.07, 6.45) is 12.6. The van der Waals surface area contributed by atoms with Crippen LogP contribution in [-0.4, -0.2) is 32.8 Å². The largest absolute Gasteiger partial charge is 0.339 e. The van der Waals surface area contributed by atoms with Gasteiger partial charge in [-0.3, -0.25) is 9.20 Å². The minimum Gasteiger partial charge on any atom is -0.339 e. The van der Waals surface area contributed by atoms with Gasteiger partial charge in [-0.15, -0.1) is 11.3 Å². The molecule has 2 saturated carbocycles. The third-order valence-corrected chi connectivity index (χ3v) is 7.40. The highest BCUT2D eigenvalue weighted by molar-refractivity contribution is 7.15.